The quantitative estimate of drug-likeness (QED) is 0.410. The predicted molar refractivity (Wildman–Crippen MR) is 133 cm³/mol. The van der Waals surface area contributed by atoms with Crippen molar-refractivity contribution in [2.75, 3.05) is 26.4 Å². The molecule has 0 bridgehead atoms. The zero-order valence-corrected chi connectivity index (χ0v) is 22.2. The molecule has 0 aromatic carbocycles. The van der Waals surface area contributed by atoms with Gasteiger partial charge in [-0.1, -0.05) is 23.7 Å². The number of ketones is 1. The van der Waals surface area contributed by atoms with Crippen LogP contribution in [0.2, 0.25) is 5.15 Å². The Balaban J connectivity index is 0.000000214. The first-order chi connectivity index (χ1) is 17.3. The van der Waals surface area contributed by atoms with Gasteiger partial charge in [-0.15, -0.1) is 0 Å². The average molecular weight is 541 g/mol. The molecule has 2 aromatic rings. The lowest BCUT2D eigenvalue weighted by Gasteiger charge is -2.17. The topological polar surface area (TPSA) is 147 Å². The minimum absolute atomic E-state index is 0.0450. The van der Waals surface area contributed by atoms with Crippen LogP contribution in [0.4, 0.5) is 0 Å². The van der Waals surface area contributed by atoms with Crippen LogP contribution >= 0.6 is 11.6 Å². The van der Waals surface area contributed by atoms with Crippen molar-refractivity contribution in [3.63, 3.8) is 0 Å². The van der Waals surface area contributed by atoms with Crippen molar-refractivity contribution in [1.29, 1.82) is 0 Å². The van der Waals surface area contributed by atoms with Crippen LogP contribution in [0.5, 0.6) is 5.88 Å². The molecule has 0 spiro atoms. The van der Waals surface area contributed by atoms with Gasteiger partial charge in [0.15, 0.2) is 23.1 Å². The summed E-state index contributed by atoms with van der Waals surface area (Å²) in [5.74, 6) is -1.97. The molecule has 2 atom stereocenters. The van der Waals surface area contributed by atoms with E-state index >= 15 is 0 Å². The summed E-state index contributed by atoms with van der Waals surface area (Å²) in [6.45, 7) is 10.1. The molecule has 2 unspecified atom stereocenters. The molecule has 0 amide bonds. The van der Waals surface area contributed by atoms with E-state index in [9.17, 15) is 9.59 Å². The largest absolute Gasteiger partial charge is 0.477 e. The Bertz CT molecular complexity index is 1050. The fraction of sp³-hybridized carbons (Fsp3) is 0.520. The number of aliphatic hydroxyl groups is 1. The maximum atomic E-state index is 10.7. The molecule has 2 aromatic heterocycles. The van der Waals surface area contributed by atoms with E-state index in [1.807, 2.05) is 27.7 Å². The van der Waals surface area contributed by atoms with Gasteiger partial charge >= 0.3 is 5.97 Å². The number of pyridine rings is 2. The lowest BCUT2D eigenvalue weighted by atomic mass is 10.3. The summed E-state index contributed by atoms with van der Waals surface area (Å²) in [5.41, 5.74) is 0.365. The molecular weight excluding hydrogens is 508 g/mol. The molecular formula is C25H33ClN2O9. The predicted octanol–water partition coefficient (Wildman–Crippen LogP) is 3.38. The Hall–Kier alpha value is -2.67. The van der Waals surface area contributed by atoms with Crippen molar-refractivity contribution in [3.05, 3.63) is 52.9 Å². The number of nitrogens with zero attached hydrogens (tertiary/aromatic N) is 2. The van der Waals surface area contributed by atoms with Crippen LogP contribution < -0.4 is 4.74 Å². The highest BCUT2D eigenvalue weighted by molar-refractivity contribution is 6.29. The van der Waals surface area contributed by atoms with Crippen LogP contribution in [0.1, 0.15) is 55.6 Å². The zero-order chi connectivity index (χ0) is 27.6. The molecule has 204 valence electrons. The van der Waals surface area contributed by atoms with E-state index in [1.54, 1.807) is 30.3 Å². The Morgan fingerprint density at radius 2 is 1.54 bits per heavy atom. The average Bonchev–Trinajstić information content (AvgIpc) is 3.38. The molecule has 2 N–H and O–H groups in total. The molecule has 12 heteroatoms. The SMILES string of the molecule is CC(=O)c1cccc(Cl)n1.CC1(C)OCC(CO)O1.CC1(C)OCC(COc2cccc(C(=O)O)n2)O1. The third-order valence-corrected chi connectivity index (χ3v) is 4.98. The molecule has 11 nitrogen and oxygen atoms in total. The highest BCUT2D eigenvalue weighted by atomic mass is 35.5. The lowest BCUT2D eigenvalue weighted by molar-refractivity contribution is -0.142. The van der Waals surface area contributed by atoms with Gasteiger partial charge in [0.05, 0.1) is 19.8 Å². The van der Waals surface area contributed by atoms with Crippen LogP contribution in [0.15, 0.2) is 36.4 Å². The Morgan fingerprint density at radius 3 is 1.97 bits per heavy atom. The fourth-order valence-electron chi connectivity index (χ4n) is 3.10. The summed E-state index contributed by atoms with van der Waals surface area (Å²) in [5, 5.41) is 17.7. The first kappa shape index (κ1) is 30.6. The molecule has 2 fully saturated rings. The van der Waals surface area contributed by atoms with Gasteiger partial charge in [0.2, 0.25) is 5.88 Å². The summed E-state index contributed by atoms with van der Waals surface area (Å²) >= 11 is 5.53. The number of aromatic nitrogens is 2. The van der Waals surface area contributed by atoms with Crippen LogP contribution in [0.3, 0.4) is 0 Å². The summed E-state index contributed by atoms with van der Waals surface area (Å²) in [6.07, 6.45) is -0.296. The van der Waals surface area contributed by atoms with Crippen molar-refractivity contribution >= 4 is 23.4 Å². The minimum Gasteiger partial charge on any atom is -0.477 e. The number of hydrogen-bond acceptors (Lipinski definition) is 10. The van der Waals surface area contributed by atoms with Crippen molar-refractivity contribution in [2.45, 2.75) is 58.4 Å². The minimum atomic E-state index is -1.08. The molecule has 37 heavy (non-hydrogen) atoms. The number of carboxylic acids is 1. The van der Waals surface area contributed by atoms with Crippen LogP contribution in [0, 0.1) is 0 Å². The number of carbonyl (C=O) groups excluding carboxylic acids is 1. The number of Topliss-reactive ketones (excluding diaryl/α,β-unsaturated/α-hetero) is 1. The normalized spacial score (nSPS) is 21.2. The molecule has 2 saturated heterocycles. The molecule has 0 saturated carbocycles. The molecule has 0 radical (unpaired) electrons. The third kappa shape index (κ3) is 11.1. The number of carbonyl (C=O) groups is 2. The van der Waals surface area contributed by atoms with E-state index < -0.39 is 17.5 Å². The van der Waals surface area contributed by atoms with E-state index in [0.717, 1.165) is 0 Å². The van der Waals surface area contributed by atoms with Gasteiger partial charge in [0, 0.05) is 13.0 Å². The second kappa shape index (κ2) is 13.8. The second-order valence-corrected chi connectivity index (χ2v) is 9.35. The first-order valence-corrected chi connectivity index (χ1v) is 11.9. The monoisotopic (exact) mass is 540 g/mol. The van der Waals surface area contributed by atoms with E-state index in [0.29, 0.717) is 24.1 Å². The second-order valence-electron chi connectivity index (χ2n) is 8.96. The Morgan fingerprint density at radius 1 is 0.973 bits per heavy atom. The molecule has 2 aliphatic heterocycles. The maximum absolute atomic E-state index is 10.7. The van der Waals surface area contributed by atoms with Gasteiger partial charge in [-0.25, -0.2) is 14.8 Å². The smallest absolute Gasteiger partial charge is 0.354 e. The fourth-order valence-corrected chi connectivity index (χ4v) is 3.26. The number of ether oxygens (including phenoxy) is 5. The van der Waals surface area contributed by atoms with E-state index in [1.165, 1.54) is 13.0 Å². The van der Waals surface area contributed by atoms with Crippen molar-refractivity contribution in [3.8, 4) is 5.88 Å². The van der Waals surface area contributed by atoms with Gasteiger partial charge in [-0.2, -0.15) is 0 Å². The van der Waals surface area contributed by atoms with Gasteiger partial charge in [0.1, 0.15) is 29.7 Å². The standard InChI is InChI=1S/C12H15NO5.C7H6ClNO.C6H12O3/c1-12(2)17-7-8(18-12)6-16-10-5-3-4-9(13-10)11(14)15;1-5(10)6-3-2-4-7(8)9-6;1-6(2)8-4-5(3-7)9-6/h3-5,8H,6-7H2,1-2H3,(H,14,15);2-4H,1H3;5,7H,3-4H2,1-2H3. The van der Waals surface area contributed by atoms with E-state index in [2.05, 4.69) is 9.97 Å². The summed E-state index contributed by atoms with van der Waals surface area (Å²) in [4.78, 5) is 29.1. The van der Waals surface area contributed by atoms with Gasteiger partial charge in [-0.05, 0) is 45.9 Å². The molecule has 2 aliphatic rings. The molecule has 4 heterocycles. The van der Waals surface area contributed by atoms with Crippen LogP contribution in [-0.4, -0.2) is 82.1 Å². The highest BCUT2D eigenvalue weighted by Gasteiger charge is 2.33. The van der Waals surface area contributed by atoms with Crippen LogP contribution in [0.25, 0.3) is 0 Å². The highest BCUT2D eigenvalue weighted by Crippen LogP contribution is 2.23. The maximum Gasteiger partial charge on any atom is 0.354 e. The Kier molecular flexibility index (Phi) is 11.4. The number of hydrogen-bond donors (Lipinski definition) is 2. The van der Waals surface area contributed by atoms with Crippen LogP contribution in [-0.2, 0) is 18.9 Å². The van der Waals surface area contributed by atoms with E-state index in [4.69, 9.17) is 45.5 Å². The van der Waals surface area contributed by atoms with Crippen molar-refractivity contribution in [2.24, 2.45) is 0 Å². The summed E-state index contributed by atoms with van der Waals surface area (Å²) < 4.78 is 26.7. The number of aromatic carboxylic acids is 1. The number of carboxylic acid groups (broad SMARTS) is 1. The van der Waals surface area contributed by atoms with Gasteiger partial charge in [0.25, 0.3) is 0 Å². The van der Waals surface area contributed by atoms with E-state index in [-0.39, 0.29) is 42.8 Å². The first-order valence-electron chi connectivity index (χ1n) is 11.5. The Labute approximate surface area is 220 Å². The lowest BCUT2D eigenvalue weighted by Crippen LogP contribution is -2.25. The number of rotatable bonds is 6. The summed E-state index contributed by atoms with van der Waals surface area (Å²) in [6, 6.07) is 9.57. The number of halogens is 1. The molecule has 4 rings (SSSR count). The zero-order valence-electron chi connectivity index (χ0n) is 21.5. The van der Waals surface area contributed by atoms with Crippen molar-refractivity contribution in [1.82, 2.24) is 9.97 Å². The van der Waals surface area contributed by atoms with Gasteiger partial charge in [-0.3, -0.25) is 4.79 Å². The van der Waals surface area contributed by atoms with Crippen molar-refractivity contribution < 1.29 is 43.5 Å². The summed E-state index contributed by atoms with van der Waals surface area (Å²) in [7, 11) is 0. The van der Waals surface area contributed by atoms with Gasteiger partial charge < -0.3 is 33.9 Å². The number of aliphatic hydroxyl groups excluding tert-OH is 1. The molecule has 0 aliphatic carbocycles. The third-order valence-electron chi connectivity index (χ3n) is 4.77.